The third-order valence-corrected chi connectivity index (χ3v) is 3.63. The van der Waals surface area contributed by atoms with Crippen LogP contribution in [0.5, 0.6) is 0 Å². The number of aromatic nitrogens is 2. The Kier molecular flexibility index (Phi) is 2.95. The Balaban J connectivity index is 2.64. The molecule has 1 heterocycles. The minimum absolute atomic E-state index is 0.0892. The Morgan fingerprint density at radius 3 is 2.65 bits per heavy atom. The summed E-state index contributed by atoms with van der Waals surface area (Å²) in [4.78, 5) is 0. The standard InChI is InChI=1S/C10H10FN3O2S/c1-12-17(15,16)10-6-7-13-14(10)9-5-3-2-4-8(9)11/h2-7,12H,1H3. The van der Waals surface area contributed by atoms with E-state index in [2.05, 4.69) is 9.82 Å². The Labute approximate surface area is 97.9 Å². The van der Waals surface area contributed by atoms with Gasteiger partial charge in [-0.15, -0.1) is 0 Å². The molecule has 90 valence electrons. The van der Waals surface area contributed by atoms with E-state index >= 15 is 0 Å². The molecule has 0 saturated heterocycles. The SMILES string of the molecule is CNS(=O)(=O)c1ccnn1-c1ccccc1F. The molecule has 7 heteroatoms. The number of rotatable bonds is 3. The van der Waals surface area contributed by atoms with Gasteiger partial charge in [0.25, 0.3) is 10.0 Å². The van der Waals surface area contributed by atoms with Crippen LogP contribution in [0.4, 0.5) is 4.39 Å². The quantitative estimate of drug-likeness (QED) is 0.887. The normalized spacial score (nSPS) is 11.6. The maximum absolute atomic E-state index is 13.5. The van der Waals surface area contributed by atoms with Gasteiger partial charge in [0.15, 0.2) is 5.03 Å². The maximum Gasteiger partial charge on any atom is 0.257 e. The van der Waals surface area contributed by atoms with E-state index in [0.717, 1.165) is 4.68 Å². The molecule has 1 N–H and O–H groups in total. The Morgan fingerprint density at radius 1 is 1.29 bits per heavy atom. The van der Waals surface area contributed by atoms with Crippen LogP contribution in [0, 0.1) is 5.82 Å². The lowest BCUT2D eigenvalue weighted by atomic mass is 10.3. The van der Waals surface area contributed by atoms with E-state index < -0.39 is 15.8 Å². The fourth-order valence-corrected chi connectivity index (χ4v) is 2.23. The number of halogens is 1. The average Bonchev–Trinajstić information content (AvgIpc) is 2.79. The van der Waals surface area contributed by atoms with E-state index in [4.69, 9.17) is 0 Å². The second kappa shape index (κ2) is 4.27. The lowest BCUT2D eigenvalue weighted by Gasteiger charge is -2.07. The first kappa shape index (κ1) is 11.7. The third-order valence-electron chi connectivity index (χ3n) is 2.23. The molecule has 17 heavy (non-hydrogen) atoms. The van der Waals surface area contributed by atoms with Gasteiger partial charge in [0, 0.05) is 0 Å². The minimum Gasteiger partial charge on any atom is -0.218 e. The van der Waals surface area contributed by atoms with Gasteiger partial charge in [-0.25, -0.2) is 22.2 Å². The summed E-state index contributed by atoms with van der Waals surface area (Å²) < 4.78 is 40.1. The van der Waals surface area contributed by atoms with Crippen molar-refractivity contribution in [1.82, 2.24) is 14.5 Å². The molecule has 2 aromatic rings. The summed E-state index contributed by atoms with van der Waals surface area (Å²) in [5.41, 5.74) is 0.0892. The highest BCUT2D eigenvalue weighted by atomic mass is 32.2. The summed E-state index contributed by atoms with van der Waals surface area (Å²) in [6.45, 7) is 0. The highest BCUT2D eigenvalue weighted by Gasteiger charge is 2.19. The van der Waals surface area contributed by atoms with Crippen LogP contribution >= 0.6 is 0 Å². The third kappa shape index (κ3) is 2.06. The molecule has 0 saturated carbocycles. The molecule has 1 aromatic carbocycles. The van der Waals surface area contributed by atoms with Crippen LogP contribution < -0.4 is 4.72 Å². The summed E-state index contributed by atoms with van der Waals surface area (Å²) in [5, 5.41) is 3.71. The van der Waals surface area contributed by atoms with E-state index in [1.54, 1.807) is 6.07 Å². The van der Waals surface area contributed by atoms with Crippen LogP contribution in [0.25, 0.3) is 5.69 Å². The first-order valence-corrected chi connectivity index (χ1v) is 6.27. The first-order chi connectivity index (χ1) is 8.06. The van der Waals surface area contributed by atoms with Crippen molar-refractivity contribution in [3.05, 3.63) is 42.3 Å². The zero-order valence-corrected chi connectivity index (χ0v) is 9.78. The van der Waals surface area contributed by atoms with Gasteiger partial charge in [-0.3, -0.25) is 0 Å². The van der Waals surface area contributed by atoms with Crippen molar-refractivity contribution < 1.29 is 12.8 Å². The molecule has 0 aliphatic carbocycles. The Morgan fingerprint density at radius 2 is 2.00 bits per heavy atom. The molecular weight excluding hydrogens is 245 g/mol. The van der Waals surface area contributed by atoms with Crippen LogP contribution in [0.1, 0.15) is 0 Å². The predicted octanol–water partition coefficient (Wildman–Crippen LogP) is 0.919. The number of para-hydroxylation sites is 1. The van der Waals surface area contributed by atoms with Gasteiger partial charge < -0.3 is 0 Å². The molecule has 1 aromatic heterocycles. The van der Waals surface area contributed by atoms with Crippen molar-refractivity contribution in [1.29, 1.82) is 0 Å². The summed E-state index contributed by atoms with van der Waals surface area (Å²) in [6.07, 6.45) is 1.30. The molecule has 0 unspecified atom stereocenters. The number of benzene rings is 1. The maximum atomic E-state index is 13.5. The van der Waals surface area contributed by atoms with Gasteiger partial charge in [-0.1, -0.05) is 12.1 Å². The van der Waals surface area contributed by atoms with Gasteiger partial charge >= 0.3 is 0 Å². The second-order valence-electron chi connectivity index (χ2n) is 3.24. The highest BCUT2D eigenvalue weighted by molar-refractivity contribution is 7.89. The number of nitrogens with one attached hydrogen (secondary N) is 1. The van der Waals surface area contributed by atoms with Gasteiger partial charge in [-0.05, 0) is 25.2 Å². The van der Waals surface area contributed by atoms with Crippen molar-refractivity contribution in [2.24, 2.45) is 0 Å². The molecular formula is C10H10FN3O2S. The lowest BCUT2D eigenvalue weighted by molar-refractivity contribution is 0.570. The van der Waals surface area contributed by atoms with Crippen LogP contribution in [0.15, 0.2) is 41.6 Å². The molecule has 5 nitrogen and oxygen atoms in total. The molecule has 0 spiro atoms. The molecule has 0 atom stereocenters. The first-order valence-electron chi connectivity index (χ1n) is 4.79. The fourth-order valence-electron chi connectivity index (χ4n) is 1.40. The zero-order chi connectivity index (χ0) is 12.5. The fraction of sp³-hybridized carbons (Fsp3) is 0.100. The average molecular weight is 255 g/mol. The van der Waals surface area contributed by atoms with Crippen molar-refractivity contribution in [2.75, 3.05) is 7.05 Å². The predicted molar refractivity (Wildman–Crippen MR) is 59.8 cm³/mol. The van der Waals surface area contributed by atoms with E-state index in [1.807, 2.05) is 0 Å². The summed E-state index contributed by atoms with van der Waals surface area (Å²) >= 11 is 0. The second-order valence-corrected chi connectivity index (χ2v) is 5.07. The van der Waals surface area contributed by atoms with E-state index in [9.17, 15) is 12.8 Å². The van der Waals surface area contributed by atoms with Crippen LogP contribution in [0.2, 0.25) is 0 Å². The summed E-state index contributed by atoms with van der Waals surface area (Å²) in [7, 11) is -2.38. The molecule has 0 bridgehead atoms. The molecule has 0 aliphatic heterocycles. The minimum atomic E-state index is -3.67. The van der Waals surface area contributed by atoms with Crippen molar-refractivity contribution in [2.45, 2.75) is 5.03 Å². The van der Waals surface area contributed by atoms with E-state index in [1.165, 1.54) is 37.5 Å². The lowest BCUT2D eigenvalue weighted by Crippen LogP contribution is -2.22. The number of hydrogen-bond acceptors (Lipinski definition) is 3. The van der Waals surface area contributed by atoms with Crippen molar-refractivity contribution in [3.8, 4) is 5.69 Å². The van der Waals surface area contributed by atoms with Gasteiger partial charge in [0.2, 0.25) is 0 Å². The number of nitrogens with zero attached hydrogens (tertiary/aromatic N) is 2. The van der Waals surface area contributed by atoms with Crippen molar-refractivity contribution >= 4 is 10.0 Å². The van der Waals surface area contributed by atoms with Crippen molar-refractivity contribution in [3.63, 3.8) is 0 Å². The summed E-state index contributed by atoms with van der Waals surface area (Å²) in [6, 6.07) is 7.13. The largest absolute Gasteiger partial charge is 0.257 e. The number of hydrogen-bond donors (Lipinski definition) is 1. The molecule has 0 radical (unpaired) electrons. The molecule has 0 amide bonds. The molecule has 2 rings (SSSR count). The molecule has 0 aliphatic rings. The Bertz CT molecular complexity index is 637. The highest BCUT2D eigenvalue weighted by Crippen LogP contribution is 2.17. The van der Waals surface area contributed by atoms with Crippen LogP contribution in [0.3, 0.4) is 0 Å². The van der Waals surface area contributed by atoms with Gasteiger partial charge in [0.05, 0.1) is 6.20 Å². The smallest absolute Gasteiger partial charge is 0.218 e. The monoisotopic (exact) mass is 255 g/mol. The number of sulfonamides is 1. The van der Waals surface area contributed by atoms with Crippen LogP contribution in [-0.2, 0) is 10.0 Å². The topological polar surface area (TPSA) is 64.0 Å². The Hall–Kier alpha value is -1.73. The van der Waals surface area contributed by atoms with Gasteiger partial charge in [0.1, 0.15) is 11.5 Å². The summed E-state index contributed by atoms with van der Waals surface area (Å²) in [5.74, 6) is -0.538. The van der Waals surface area contributed by atoms with Crippen LogP contribution in [-0.4, -0.2) is 25.2 Å². The van der Waals surface area contributed by atoms with E-state index in [0.29, 0.717) is 0 Å². The van der Waals surface area contributed by atoms with E-state index in [-0.39, 0.29) is 10.7 Å². The zero-order valence-electron chi connectivity index (χ0n) is 8.96. The molecule has 0 fully saturated rings. The van der Waals surface area contributed by atoms with Gasteiger partial charge in [-0.2, -0.15) is 5.10 Å².